The van der Waals surface area contributed by atoms with Gasteiger partial charge in [-0.25, -0.2) is 8.42 Å². The van der Waals surface area contributed by atoms with E-state index in [2.05, 4.69) is 20.4 Å². The minimum Gasteiger partial charge on any atom is -0.338 e. The van der Waals surface area contributed by atoms with E-state index in [1.165, 1.54) is 16.4 Å². The molecular weight excluding hydrogens is 502 g/mol. The van der Waals surface area contributed by atoms with Gasteiger partial charge in [-0.3, -0.25) is 9.69 Å². The van der Waals surface area contributed by atoms with Gasteiger partial charge in [-0.15, -0.1) is 0 Å². The number of benzene rings is 2. The van der Waals surface area contributed by atoms with Gasteiger partial charge in [0.1, 0.15) is 0 Å². The van der Waals surface area contributed by atoms with Crippen LogP contribution in [-0.4, -0.2) is 59.8 Å². The van der Waals surface area contributed by atoms with Crippen LogP contribution in [0.1, 0.15) is 32.6 Å². The van der Waals surface area contributed by atoms with Crippen molar-refractivity contribution in [2.24, 2.45) is 5.92 Å². The number of likely N-dealkylation sites (tertiary alicyclic amines) is 1. The summed E-state index contributed by atoms with van der Waals surface area (Å²) in [6, 6.07) is 13.6. The fraction of sp³-hybridized carbons (Fsp3) is 0.400. The Bertz CT molecular complexity index is 1290. The van der Waals surface area contributed by atoms with Crippen molar-refractivity contribution < 1.29 is 17.7 Å². The third-order valence-corrected chi connectivity index (χ3v) is 8.68. The minimum absolute atomic E-state index is 0.0960. The van der Waals surface area contributed by atoms with Gasteiger partial charge in [0.05, 0.1) is 22.4 Å². The first kappa shape index (κ1) is 26.3. The van der Waals surface area contributed by atoms with Crippen LogP contribution < -0.4 is 5.32 Å². The molecule has 11 heteroatoms. The zero-order valence-electron chi connectivity index (χ0n) is 20.4. The molecule has 36 heavy (non-hydrogen) atoms. The maximum Gasteiger partial charge on any atom is 0.243 e. The topological polar surface area (TPSA) is 109 Å². The second-order valence-corrected chi connectivity index (χ2v) is 11.0. The smallest absolute Gasteiger partial charge is 0.243 e. The average Bonchev–Trinajstić information content (AvgIpc) is 3.33. The molecule has 2 heterocycles. The molecule has 3 aromatic rings. The Hall–Kier alpha value is -2.79. The predicted molar refractivity (Wildman–Crippen MR) is 138 cm³/mol. The number of piperidine rings is 1. The van der Waals surface area contributed by atoms with E-state index in [9.17, 15) is 13.2 Å². The Morgan fingerprint density at radius 3 is 2.58 bits per heavy atom. The molecule has 1 fully saturated rings. The third-order valence-electron chi connectivity index (χ3n) is 6.28. The van der Waals surface area contributed by atoms with Crippen molar-refractivity contribution in [3.05, 3.63) is 59.4 Å². The fourth-order valence-corrected chi connectivity index (χ4v) is 6.02. The highest BCUT2D eigenvalue weighted by atomic mass is 35.5. The van der Waals surface area contributed by atoms with Crippen LogP contribution in [0.15, 0.2) is 57.9 Å². The summed E-state index contributed by atoms with van der Waals surface area (Å²) in [6.07, 6.45) is 1.64. The maximum atomic E-state index is 12.9. The molecule has 0 radical (unpaired) electrons. The van der Waals surface area contributed by atoms with Crippen LogP contribution in [0.5, 0.6) is 0 Å². The molecular formula is C25H30ClN5O4S. The molecule has 0 spiro atoms. The monoisotopic (exact) mass is 531 g/mol. The first-order valence-electron chi connectivity index (χ1n) is 12.0. The first-order valence-corrected chi connectivity index (χ1v) is 13.8. The molecule has 1 N–H and O–H groups in total. The molecule has 1 unspecified atom stereocenters. The highest BCUT2D eigenvalue weighted by Gasteiger charge is 2.27. The second kappa shape index (κ2) is 11.5. The average molecular weight is 532 g/mol. The van der Waals surface area contributed by atoms with E-state index in [-0.39, 0.29) is 16.7 Å². The highest BCUT2D eigenvalue weighted by molar-refractivity contribution is 7.89. The van der Waals surface area contributed by atoms with Crippen molar-refractivity contribution in [3.63, 3.8) is 0 Å². The van der Waals surface area contributed by atoms with Crippen molar-refractivity contribution in [2.75, 3.05) is 31.5 Å². The molecule has 0 aliphatic carbocycles. The number of hydrogen-bond acceptors (Lipinski definition) is 7. The Morgan fingerprint density at radius 2 is 1.89 bits per heavy atom. The number of anilines is 1. The number of halogens is 1. The minimum atomic E-state index is -3.54. The maximum absolute atomic E-state index is 12.9. The number of rotatable bonds is 9. The Labute approximate surface area is 216 Å². The van der Waals surface area contributed by atoms with Gasteiger partial charge in [-0.2, -0.15) is 9.29 Å². The van der Waals surface area contributed by atoms with Gasteiger partial charge in [0, 0.05) is 30.9 Å². The normalized spacial score (nSPS) is 16.8. The molecule has 1 saturated heterocycles. The van der Waals surface area contributed by atoms with Crippen molar-refractivity contribution in [3.8, 4) is 11.4 Å². The number of nitrogens with one attached hydrogen (secondary N) is 1. The van der Waals surface area contributed by atoms with E-state index in [1.807, 2.05) is 18.2 Å². The van der Waals surface area contributed by atoms with E-state index in [4.69, 9.17) is 16.1 Å². The van der Waals surface area contributed by atoms with Crippen molar-refractivity contribution in [1.29, 1.82) is 0 Å². The number of amides is 1. The van der Waals surface area contributed by atoms with Crippen LogP contribution in [0, 0.1) is 5.92 Å². The van der Waals surface area contributed by atoms with Crippen LogP contribution in [-0.2, 0) is 21.4 Å². The van der Waals surface area contributed by atoms with Crippen LogP contribution in [0.4, 0.5) is 5.69 Å². The molecule has 1 aliphatic rings. The highest BCUT2D eigenvalue weighted by Crippen LogP contribution is 2.26. The van der Waals surface area contributed by atoms with Crippen LogP contribution in [0.3, 0.4) is 0 Å². The molecule has 9 nitrogen and oxygen atoms in total. The lowest BCUT2D eigenvalue weighted by atomic mass is 9.97. The number of carbonyl (C=O) groups excluding carboxylic acids is 1. The van der Waals surface area contributed by atoms with Gasteiger partial charge in [0.15, 0.2) is 0 Å². The van der Waals surface area contributed by atoms with Crippen molar-refractivity contribution in [1.82, 2.24) is 19.3 Å². The van der Waals surface area contributed by atoms with E-state index >= 15 is 0 Å². The Balaban J connectivity index is 1.35. The van der Waals surface area contributed by atoms with Gasteiger partial charge in [0.2, 0.25) is 27.6 Å². The largest absolute Gasteiger partial charge is 0.338 e. The summed E-state index contributed by atoms with van der Waals surface area (Å²) < 4.78 is 32.2. The number of nitrogens with zero attached hydrogens (tertiary/aromatic N) is 4. The number of sulfonamides is 1. The molecule has 1 amide bonds. The molecule has 0 saturated carbocycles. The summed E-state index contributed by atoms with van der Waals surface area (Å²) in [5.74, 6) is 0.606. The van der Waals surface area contributed by atoms with Gasteiger partial charge < -0.3 is 9.84 Å². The van der Waals surface area contributed by atoms with E-state index in [0.29, 0.717) is 54.2 Å². The van der Waals surface area contributed by atoms with Crippen LogP contribution in [0.25, 0.3) is 11.4 Å². The fourth-order valence-electron chi connectivity index (χ4n) is 4.34. The molecule has 4 rings (SSSR count). The zero-order valence-corrected chi connectivity index (χ0v) is 21.9. The third kappa shape index (κ3) is 5.95. The van der Waals surface area contributed by atoms with Gasteiger partial charge >= 0.3 is 0 Å². The Kier molecular flexibility index (Phi) is 8.40. The predicted octanol–water partition coefficient (Wildman–Crippen LogP) is 4.27. The number of aromatic nitrogens is 2. The Morgan fingerprint density at radius 1 is 1.17 bits per heavy atom. The SMILES string of the molecule is CCN(CC)S(=O)(=O)c1ccc(NC(=O)C2CCCN(Cc3nc(-c4ccccc4Cl)no3)C2)cc1. The van der Waals surface area contributed by atoms with Crippen LogP contribution >= 0.6 is 11.6 Å². The quantitative estimate of drug-likeness (QED) is 0.439. The van der Waals surface area contributed by atoms with E-state index < -0.39 is 10.0 Å². The first-order chi connectivity index (χ1) is 17.3. The lowest BCUT2D eigenvalue weighted by molar-refractivity contribution is -0.121. The summed E-state index contributed by atoms with van der Waals surface area (Å²) >= 11 is 6.23. The summed E-state index contributed by atoms with van der Waals surface area (Å²) in [5.41, 5.74) is 1.28. The summed E-state index contributed by atoms with van der Waals surface area (Å²) in [6.45, 7) is 6.24. The molecule has 2 aromatic carbocycles. The molecule has 1 aromatic heterocycles. The van der Waals surface area contributed by atoms with Crippen LogP contribution in [0.2, 0.25) is 5.02 Å². The number of carbonyl (C=O) groups is 1. The molecule has 192 valence electrons. The molecule has 1 atom stereocenters. The summed E-state index contributed by atoms with van der Waals surface area (Å²) in [5, 5.41) is 7.52. The standard InChI is InChI=1S/C25H30ClN5O4S/c1-3-31(4-2)36(33,34)20-13-11-19(12-14-20)27-25(32)18-8-7-15-30(16-18)17-23-28-24(29-35-23)21-9-5-6-10-22(21)26/h5-6,9-14,18H,3-4,7-8,15-17H2,1-2H3,(H,27,32). The second-order valence-electron chi connectivity index (χ2n) is 8.67. The van der Waals surface area contributed by atoms with Gasteiger partial charge in [0.25, 0.3) is 0 Å². The summed E-state index contributed by atoms with van der Waals surface area (Å²) in [7, 11) is -3.54. The zero-order chi connectivity index (χ0) is 25.7. The van der Waals surface area contributed by atoms with Crippen molar-refractivity contribution >= 4 is 33.2 Å². The van der Waals surface area contributed by atoms with E-state index in [0.717, 1.165) is 19.4 Å². The number of hydrogen-bond donors (Lipinski definition) is 1. The molecule has 0 bridgehead atoms. The van der Waals surface area contributed by atoms with Gasteiger partial charge in [-0.05, 0) is 55.8 Å². The lowest BCUT2D eigenvalue weighted by Gasteiger charge is -2.30. The molecule has 1 aliphatic heterocycles. The van der Waals surface area contributed by atoms with Gasteiger partial charge in [-0.1, -0.05) is 42.7 Å². The van der Waals surface area contributed by atoms with E-state index in [1.54, 1.807) is 32.0 Å². The van der Waals surface area contributed by atoms with Crippen molar-refractivity contribution in [2.45, 2.75) is 38.1 Å². The lowest BCUT2D eigenvalue weighted by Crippen LogP contribution is -2.40. The summed E-state index contributed by atoms with van der Waals surface area (Å²) in [4.78, 5) is 19.7.